The Balaban J connectivity index is 1.83. The first-order valence-corrected chi connectivity index (χ1v) is 7.43. The van der Waals surface area contributed by atoms with Crippen LogP contribution in [-0.2, 0) is 4.79 Å². The molecule has 0 aliphatic heterocycles. The minimum Gasteiger partial charge on any atom is -0.360 e. The number of aromatic nitrogens is 2. The van der Waals surface area contributed by atoms with Crippen LogP contribution in [0.5, 0.6) is 0 Å². The molecule has 17 heavy (non-hydrogen) atoms. The molecule has 1 amide bonds. The third-order valence-corrected chi connectivity index (χ3v) is 4.37. The van der Waals surface area contributed by atoms with E-state index >= 15 is 0 Å². The third-order valence-electron chi connectivity index (χ3n) is 2.31. The Bertz CT molecular complexity index is 391. The van der Waals surface area contributed by atoms with Gasteiger partial charge in [-0.15, -0.1) is 10.2 Å². The standard InChI is InChI=1S/C10H16N4OS2/c1-3-11-9-13-14-10(17-9)16-6(2)8(15)12-7-4-5-7/h6-7H,3-5H2,1-2H3,(H,11,13)(H,12,15)/t6-/m1/s1. The van der Waals surface area contributed by atoms with Crippen molar-refractivity contribution in [3.8, 4) is 0 Å². The maximum Gasteiger partial charge on any atom is 0.233 e. The van der Waals surface area contributed by atoms with Gasteiger partial charge in [0.1, 0.15) is 0 Å². The summed E-state index contributed by atoms with van der Waals surface area (Å²) < 4.78 is 0.833. The summed E-state index contributed by atoms with van der Waals surface area (Å²) in [5.74, 6) is 0.0951. The zero-order valence-electron chi connectivity index (χ0n) is 9.90. The number of carbonyl (C=O) groups excluding carboxylic acids is 1. The smallest absolute Gasteiger partial charge is 0.233 e. The van der Waals surface area contributed by atoms with Gasteiger partial charge >= 0.3 is 0 Å². The summed E-state index contributed by atoms with van der Waals surface area (Å²) in [6.45, 7) is 4.74. The van der Waals surface area contributed by atoms with Gasteiger partial charge in [0.15, 0.2) is 4.34 Å². The Morgan fingerprint density at radius 2 is 2.35 bits per heavy atom. The van der Waals surface area contributed by atoms with Crippen LogP contribution >= 0.6 is 23.1 Å². The molecule has 2 rings (SSSR count). The zero-order valence-corrected chi connectivity index (χ0v) is 11.5. The second kappa shape index (κ2) is 5.68. The maximum absolute atomic E-state index is 11.7. The minimum atomic E-state index is -0.113. The van der Waals surface area contributed by atoms with Crippen LogP contribution in [-0.4, -0.2) is 33.9 Å². The average molecular weight is 272 g/mol. The fourth-order valence-electron chi connectivity index (χ4n) is 1.23. The van der Waals surface area contributed by atoms with E-state index in [4.69, 9.17) is 0 Å². The van der Waals surface area contributed by atoms with Gasteiger partial charge in [-0.3, -0.25) is 4.79 Å². The normalized spacial score (nSPS) is 16.6. The molecule has 1 aliphatic carbocycles. The van der Waals surface area contributed by atoms with Crippen LogP contribution in [0.25, 0.3) is 0 Å². The predicted octanol–water partition coefficient (Wildman–Crippen LogP) is 1.73. The van der Waals surface area contributed by atoms with E-state index in [1.165, 1.54) is 23.1 Å². The zero-order chi connectivity index (χ0) is 12.3. The van der Waals surface area contributed by atoms with Crippen molar-refractivity contribution in [3.63, 3.8) is 0 Å². The van der Waals surface area contributed by atoms with Crippen molar-refractivity contribution in [2.24, 2.45) is 0 Å². The molecule has 1 aromatic heterocycles. The van der Waals surface area contributed by atoms with Gasteiger partial charge in [0, 0.05) is 12.6 Å². The van der Waals surface area contributed by atoms with E-state index in [2.05, 4.69) is 20.8 Å². The number of hydrogen-bond donors (Lipinski definition) is 2. The predicted molar refractivity (Wildman–Crippen MR) is 70.6 cm³/mol. The summed E-state index contributed by atoms with van der Waals surface area (Å²) in [4.78, 5) is 11.7. The number of rotatable bonds is 6. The first-order chi connectivity index (χ1) is 8.19. The van der Waals surface area contributed by atoms with Crippen LogP contribution < -0.4 is 10.6 Å². The molecule has 1 aliphatic rings. The third kappa shape index (κ3) is 3.85. The summed E-state index contributed by atoms with van der Waals surface area (Å²) in [6, 6.07) is 0.414. The minimum absolute atomic E-state index is 0.0951. The molecule has 1 fully saturated rings. The first kappa shape index (κ1) is 12.6. The molecular weight excluding hydrogens is 256 g/mol. The number of nitrogens with one attached hydrogen (secondary N) is 2. The number of amides is 1. The number of carbonyl (C=O) groups is 1. The van der Waals surface area contributed by atoms with Gasteiger partial charge < -0.3 is 10.6 Å². The van der Waals surface area contributed by atoms with E-state index in [1.54, 1.807) is 0 Å². The molecule has 0 saturated heterocycles. The fraction of sp³-hybridized carbons (Fsp3) is 0.700. The Labute approximate surface area is 109 Å². The van der Waals surface area contributed by atoms with Gasteiger partial charge in [0.25, 0.3) is 0 Å². The van der Waals surface area contributed by atoms with Gasteiger partial charge in [-0.1, -0.05) is 23.1 Å². The largest absolute Gasteiger partial charge is 0.360 e. The lowest BCUT2D eigenvalue weighted by Crippen LogP contribution is -2.32. The number of hydrogen-bond acceptors (Lipinski definition) is 6. The highest BCUT2D eigenvalue weighted by molar-refractivity contribution is 8.02. The summed E-state index contributed by atoms with van der Waals surface area (Å²) in [5.41, 5.74) is 0. The van der Waals surface area contributed by atoms with Crippen molar-refractivity contribution < 1.29 is 4.79 Å². The Morgan fingerprint density at radius 1 is 1.59 bits per heavy atom. The Kier molecular flexibility index (Phi) is 4.22. The first-order valence-electron chi connectivity index (χ1n) is 5.73. The number of anilines is 1. The van der Waals surface area contributed by atoms with E-state index < -0.39 is 0 Å². The second-order valence-electron chi connectivity index (χ2n) is 3.95. The lowest BCUT2D eigenvalue weighted by atomic mass is 10.4. The molecule has 0 radical (unpaired) electrons. The molecule has 0 bridgehead atoms. The van der Waals surface area contributed by atoms with E-state index in [1.807, 2.05) is 13.8 Å². The van der Waals surface area contributed by atoms with Crippen LogP contribution in [0.3, 0.4) is 0 Å². The fourth-order valence-corrected chi connectivity index (χ4v) is 3.20. The molecule has 1 atom stereocenters. The maximum atomic E-state index is 11.7. The van der Waals surface area contributed by atoms with Crippen molar-refractivity contribution in [1.82, 2.24) is 15.5 Å². The van der Waals surface area contributed by atoms with Crippen LogP contribution in [0.15, 0.2) is 4.34 Å². The van der Waals surface area contributed by atoms with Gasteiger partial charge in [-0.2, -0.15) is 0 Å². The lowest BCUT2D eigenvalue weighted by molar-refractivity contribution is -0.120. The quantitative estimate of drug-likeness (QED) is 0.772. The molecule has 0 aromatic carbocycles. The van der Waals surface area contributed by atoms with E-state index in [-0.39, 0.29) is 11.2 Å². The SMILES string of the molecule is CCNc1nnc(S[C@H](C)C(=O)NC2CC2)s1. The molecule has 94 valence electrons. The molecule has 2 N–H and O–H groups in total. The molecule has 0 spiro atoms. The highest BCUT2D eigenvalue weighted by atomic mass is 32.2. The Hall–Kier alpha value is -0.820. The summed E-state index contributed by atoms with van der Waals surface area (Å²) >= 11 is 2.95. The summed E-state index contributed by atoms with van der Waals surface area (Å²) in [7, 11) is 0. The molecule has 7 heteroatoms. The molecule has 1 saturated carbocycles. The van der Waals surface area contributed by atoms with Gasteiger partial charge in [0.2, 0.25) is 11.0 Å². The number of nitrogens with zero attached hydrogens (tertiary/aromatic N) is 2. The van der Waals surface area contributed by atoms with Crippen molar-refractivity contribution in [2.75, 3.05) is 11.9 Å². The van der Waals surface area contributed by atoms with Crippen molar-refractivity contribution >= 4 is 34.1 Å². The van der Waals surface area contributed by atoms with Crippen LogP contribution in [0.1, 0.15) is 26.7 Å². The molecule has 5 nitrogen and oxygen atoms in total. The average Bonchev–Trinajstić information content (AvgIpc) is 3.00. The number of thioether (sulfide) groups is 1. The second-order valence-corrected chi connectivity index (χ2v) is 6.51. The highest BCUT2D eigenvalue weighted by Crippen LogP contribution is 2.29. The van der Waals surface area contributed by atoms with Crippen LogP contribution in [0.4, 0.5) is 5.13 Å². The lowest BCUT2D eigenvalue weighted by Gasteiger charge is -2.08. The molecule has 0 unspecified atom stereocenters. The van der Waals surface area contributed by atoms with Crippen molar-refractivity contribution in [1.29, 1.82) is 0 Å². The topological polar surface area (TPSA) is 66.9 Å². The Morgan fingerprint density at radius 3 is 3.00 bits per heavy atom. The van der Waals surface area contributed by atoms with Gasteiger partial charge in [-0.05, 0) is 26.7 Å². The monoisotopic (exact) mass is 272 g/mol. The van der Waals surface area contributed by atoms with Crippen LogP contribution in [0, 0.1) is 0 Å². The van der Waals surface area contributed by atoms with E-state index in [0.717, 1.165) is 28.9 Å². The van der Waals surface area contributed by atoms with E-state index in [9.17, 15) is 4.79 Å². The molecular formula is C10H16N4OS2. The van der Waals surface area contributed by atoms with Crippen molar-refractivity contribution in [2.45, 2.75) is 42.3 Å². The summed E-state index contributed by atoms with van der Waals surface area (Å²) in [5, 5.41) is 14.8. The van der Waals surface area contributed by atoms with E-state index in [0.29, 0.717) is 6.04 Å². The highest BCUT2D eigenvalue weighted by Gasteiger charge is 2.26. The van der Waals surface area contributed by atoms with Crippen LogP contribution in [0.2, 0.25) is 0 Å². The van der Waals surface area contributed by atoms with Gasteiger partial charge in [-0.25, -0.2) is 0 Å². The summed E-state index contributed by atoms with van der Waals surface area (Å²) in [6.07, 6.45) is 2.24. The van der Waals surface area contributed by atoms with Crippen molar-refractivity contribution in [3.05, 3.63) is 0 Å². The molecule has 1 heterocycles. The molecule has 1 aromatic rings. The van der Waals surface area contributed by atoms with Gasteiger partial charge in [0.05, 0.1) is 5.25 Å².